The van der Waals surface area contributed by atoms with E-state index in [1.807, 2.05) is 6.92 Å². The lowest BCUT2D eigenvalue weighted by atomic mass is 10.3. The van der Waals surface area contributed by atoms with Crippen molar-refractivity contribution in [1.29, 1.82) is 0 Å². The van der Waals surface area contributed by atoms with E-state index in [0.717, 1.165) is 15.2 Å². The molecule has 78 valence electrons. The van der Waals surface area contributed by atoms with Crippen molar-refractivity contribution in [2.24, 2.45) is 0 Å². The Balaban J connectivity index is 2.52. The number of carbonyl (C=O) groups is 1. The van der Waals surface area contributed by atoms with E-state index < -0.39 is 0 Å². The predicted molar refractivity (Wildman–Crippen MR) is 62.3 cm³/mol. The first-order valence-electron chi connectivity index (χ1n) is 4.31. The van der Waals surface area contributed by atoms with Crippen molar-refractivity contribution in [3.8, 4) is 10.8 Å². The van der Waals surface area contributed by atoms with Crippen LogP contribution in [0.3, 0.4) is 0 Å². The van der Waals surface area contributed by atoms with Crippen molar-refractivity contribution in [3.05, 3.63) is 27.4 Å². The van der Waals surface area contributed by atoms with Gasteiger partial charge in [0.1, 0.15) is 0 Å². The normalized spacial score (nSPS) is 10.6. The first kappa shape index (κ1) is 10.6. The van der Waals surface area contributed by atoms with Crippen LogP contribution in [0.25, 0.3) is 10.8 Å². The summed E-state index contributed by atoms with van der Waals surface area (Å²) in [5, 5.41) is 0.731. The topological polar surface area (TPSA) is 43.1 Å². The third-order valence-corrected chi connectivity index (χ3v) is 3.81. The fraction of sp³-hybridized carbons (Fsp3) is 0.200. The van der Waals surface area contributed by atoms with Crippen molar-refractivity contribution >= 4 is 33.0 Å². The summed E-state index contributed by atoms with van der Waals surface area (Å²) < 4.78 is 6.14. The number of hydrogen-bond acceptors (Lipinski definition) is 4. The Bertz CT molecular complexity index is 515. The number of thiazole rings is 1. The van der Waals surface area contributed by atoms with Crippen molar-refractivity contribution in [3.63, 3.8) is 0 Å². The molecule has 0 unspecified atom stereocenters. The van der Waals surface area contributed by atoms with Crippen LogP contribution in [0.15, 0.2) is 21.2 Å². The molecule has 5 heteroatoms. The molecule has 0 fully saturated rings. The van der Waals surface area contributed by atoms with Crippen LogP contribution in [0.4, 0.5) is 0 Å². The highest BCUT2D eigenvalue weighted by molar-refractivity contribution is 9.10. The molecule has 0 amide bonds. The first-order valence-corrected chi connectivity index (χ1v) is 5.92. The van der Waals surface area contributed by atoms with E-state index in [9.17, 15) is 4.79 Å². The van der Waals surface area contributed by atoms with Gasteiger partial charge in [0.2, 0.25) is 0 Å². The Hall–Kier alpha value is -0.940. The second-order valence-corrected chi connectivity index (χ2v) is 4.94. The quantitative estimate of drug-likeness (QED) is 0.791. The highest BCUT2D eigenvalue weighted by Crippen LogP contribution is 2.33. The zero-order chi connectivity index (χ0) is 11.0. The van der Waals surface area contributed by atoms with Gasteiger partial charge in [0, 0.05) is 6.92 Å². The standard InChI is InChI=1S/C10H8BrNO2S/c1-5-9(6(2)13)15-10(12-5)8-7(11)3-4-14-8/h3-4H,1-2H3. The minimum absolute atomic E-state index is 0.0407. The number of hydrogen-bond donors (Lipinski definition) is 0. The van der Waals surface area contributed by atoms with Crippen molar-refractivity contribution < 1.29 is 9.21 Å². The van der Waals surface area contributed by atoms with E-state index in [0.29, 0.717) is 10.6 Å². The zero-order valence-corrected chi connectivity index (χ0v) is 10.6. The lowest BCUT2D eigenvalue weighted by Crippen LogP contribution is -1.89. The highest BCUT2D eigenvalue weighted by Gasteiger charge is 2.16. The average Bonchev–Trinajstić information content (AvgIpc) is 2.71. The van der Waals surface area contributed by atoms with Gasteiger partial charge in [-0.15, -0.1) is 11.3 Å². The maximum atomic E-state index is 11.3. The van der Waals surface area contributed by atoms with Gasteiger partial charge in [-0.05, 0) is 28.9 Å². The third-order valence-electron chi connectivity index (χ3n) is 1.93. The van der Waals surface area contributed by atoms with Gasteiger partial charge >= 0.3 is 0 Å². The number of aryl methyl sites for hydroxylation is 1. The van der Waals surface area contributed by atoms with Gasteiger partial charge < -0.3 is 4.42 Å². The van der Waals surface area contributed by atoms with E-state index in [1.165, 1.54) is 11.3 Å². The SMILES string of the molecule is CC(=O)c1sc(-c2occc2Br)nc1C. The molecule has 2 aromatic rings. The number of nitrogens with zero attached hydrogens (tertiary/aromatic N) is 1. The lowest BCUT2D eigenvalue weighted by Gasteiger charge is -1.88. The molecule has 0 saturated carbocycles. The van der Waals surface area contributed by atoms with E-state index in [2.05, 4.69) is 20.9 Å². The van der Waals surface area contributed by atoms with Crippen LogP contribution in [0.1, 0.15) is 22.3 Å². The molecule has 2 heterocycles. The molecule has 0 aliphatic heterocycles. The van der Waals surface area contributed by atoms with Crippen molar-refractivity contribution in [1.82, 2.24) is 4.98 Å². The Labute approximate surface area is 99.3 Å². The van der Waals surface area contributed by atoms with Crippen LogP contribution >= 0.6 is 27.3 Å². The molecule has 0 aliphatic rings. The van der Waals surface area contributed by atoms with Crippen molar-refractivity contribution in [2.45, 2.75) is 13.8 Å². The molecule has 0 N–H and O–H groups in total. The second kappa shape index (κ2) is 3.90. The summed E-state index contributed by atoms with van der Waals surface area (Å²) in [6.07, 6.45) is 1.59. The molecular weight excluding hydrogens is 278 g/mol. The summed E-state index contributed by atoms with van der Waals surface area (Å²) in [6, 6.07) is 1.81. The number of halogens is 1. The molecule has 0 bridgehead atoms. The predicted octanol–water partition coefficient (Wildman–Crippen LogP) is 3.68. The molecule has 0 aromatic carbocycles. The largest absolute Gasteiger partial charge is 0.461 e. The number of carbonyl (C=O) groups excluding carboxylic acids is 1. The number of ketones is 1. The van der Waals surface area contributed by atoms with Gasteiger partial charge in [0.25, 0.3) is 0 Å². The summed E-state index contributed by atoms with van der Waals surface area (Å²) in [5.41, 5.74) is 0.755. The molecule has 3 nitrogen and oxygen atoms in total. The summed E-state index contributed by atoms with van der Waals surface area (Å²) in [7, 11) is 0. The highest BCUT2D eigenvalue weighted by atomic mass is 79.9. The summed E-state index contributed by atoms with van der Waals surface area (Å²) in [4.78, 5) is 16.3. The smallest absolute Gasteiger partial charge is 0.176 e. The fourth-order valence-corrected chi connectivity index (χ4v) is 2.75. The number of furan rings is 1. The number of Topliss-reactive ketones (excluding diaryl/α,β-unsaturated/α-hetero) is 1. The Morgan fingerprint density at radius 3 is 2.80 bits per heavy atom. The van der Waals surface area contributed by atoms with Gasteiger partial charge in [-0.3, -0.25) is 4.79 Å². The Kier molecular flexibility index (Phi) is 2.75. The Morgan fingerprint density at radius 2 is 2.33 bits per heavy atom. The van der Waals surface area contributed by atoms with Gasteiger partial charge in [-0.2, -0.15) is 0 Å². The van der Waals surface area contributed by atoms with E-state index >= 15 is 0 Å². The van der Waals surface area contributed by atoms with Crippen molar-refractivity contribution in [2.75, 3.05) is 0 Å². The third kappa shape index (κ3) is 1.89. The molecule has 0 aliphatic carbocycles. The van der Waals surface area contributed by atoms with Crippen LogP contribution < -0.4 is 0 Å². The molecule has 0 radical (unpaired) electrons. The molecule has 15 heavy (non-hydrogen) atoms. The van der Waals surface area contributed by atoms with Gasteiger partial charge in [-0.25, -0.2) is 4.98 Å². The van der Waals surface area contributed by atoms with Gasteiger partial charge in [0.15, 0.2) is 16.6 Å². The number of rotatable bonds is 2. The van der Waals surface area contributed by atoms with Gasteiger partial charge in [0.05, 0.1) is 21.3 Å². The maximum absolute atomic E-state index is 11.3. The molecule has 2 aromatic heterocycles. The minimum Gasteiger partial charge on any atom is -0.461 e. The second-order valence-electron chi connectivity index (χ2n) is 3.09. The van der Waals surface area contributed by atoms with Crippen LogP contribution in [0.2, 0.25) is 0 Å². The molecule has 2 rings (SSSR count). The minimum atomic E-state index is 0.0407. The van der Waals surface area contributed by atoms with Gasteiger partial charge in [-0.1, -0.05) is 0 Å². The molecule has 0 saturated heterocycles. The lowest BCUT2D eigenvalue weighted by molar-refractivity contribution is 0.102. The van der Waals surface area contributed by atoms with E-state index in [1.54, 1.807) is 19.3 Å². The fourth-order valence-electron chi connectivity index (χ4n) is 1.27. The summed E-state index contributed by atoms with van der Waals surface area (Å²) >= 11 is 4.72. The molecular formula is C10H8BrNO2S. The van der Waals surface area contributed by atoms with Crippen LogP contribution in [0, 0.1) is 6.92 Å². The van der Waals surface area contributed by atoms with Crippen LogP contribution in [-0.4, -0.2) is 10.8 Å². The zero-order valence-electron chi connectivity index (χ0n) is 8.20. The summed E-state index contributed by atoms with van der Waals surface area (Å²) in [6.45, 7) is 3.37. The molecule has 0 spiro atoms. The van der Waals surface area contributed by atoms with Crippen LogP contribution in [-0.2, 0) is 0 Å². The average molecular weight is 286 g/mol. The monoisotopic (exact) mass is 285 g/mol. The van der Waals surface area contributed by atoms with Crippen LogP contribution in [0.5, 0.6) is 0 Å². The van der Waals surface area contributed by atoms with E-state index in [-0.39, 0.29) is 5.78 Å². The molecule has 0 atom stereocenters. The first-order chi connectivity index (χ1) is 7.09. The summed E-state index contributed by atoms with van der Waals surface area (Å²) in [5.74, 6) is 0.717. The maximum Gasteiger partial charge on any atom is 0.176 e. The Morgan fingerprint density at radius 1 is 1.60 bits per heavy atom. The number of aromatic nitrogens is 1. The van der Waals surface area contributed by atoms with E-state index in [4.69, 9.17) is 4.42 Å².